The number of hydrogen-bond acceptors (Lipinski definition) is 1. The summed E-state index contributed by atoms with van der Waals surface area (Å²) < 4.78 is 0. The van der Waals surface area contributed by atoms with Gasteiger partial charge in [0.15, 0.2) is 0 Å². The first-order chi connectivity index (χ1) is 4.85. The SMILES string of the molecule is C/C=C/C=C(/CC)CNC. The highest BCUT2D eigenvalue weighted by molar-refractivity contribution is 5.12. The van der Waals surface area contributed by atoms with Crippen LogP contribution in [0.1, 0.15) is 20.3 Å². The summed E-state index contributed by atoms with van der Waals surface area (Å²) in [6.45, 7) is 5.21. The van der Waals surface area contributed by atoms with Crippen LogP contribution in [0, 0.1) is 0 Å². The van der Waals surface area contributed by atoms with Crippen molar-refractivity contribution in [1.82, 2.24) is 5.32 Å². The van der Waals surface area contributed by atoms with Crippen molar-refractivity contribution in [3.63, 3.8) is 0 Å². The third-order valence-electron chi connectivity index (χ3n) is 1.38. The minimum atomic E-state index is 1.00. The van der Waals surface area contributed by atoms with Gasteiger partial charge in [-0.1, -0.05) is 30.7 Å². The predicted octanol–water partition coefficient (Wildman–Crippen LogP) is 2.12. The summed E-state index contributed by atoms with van der Waals surface area (Å²) in [6.07, 6.45) is 7.42. The summed E-state index contributed by atoms with van der Waals surface area (Å²) in [5, 5.41) is 3.13. The Morgan fingerprint density at radius 2 is 2.20 bits per heavy atom. The summed E-state index contributed by atoms with van der Waals surface area (Å²) in [5.74, 6) is 0. The second kappa shape index (κ2) is 6.56. The molecule has 0 aromatic carbocycles. The van der Waals surface area contributed by atoms with Gasteiger partial charge in [-0.05, 0) is 20.4 Å². The highest BCUT2D eigenvalue weighted by Crippen LogP contribution is 1.97. The van der Waals surface area contributed by atoms with E-state index in [0.29, 0.717) is 0 Å². The van der Waals surface area contributed by atoms with E-state index < -0.39 is 0 Å². The second-order valence-corrected chi connectivity index (χ2v) is 2.23. The van der Waals surface area contributed by atoms with Crippen LogP contribution in [-0.4, -0.2) is 13.6 Å². The van der Waals surface area contributed by atoms with Crippen LogP contribution in [0.15, 0.2) is 23.8 Å². The lowest BCUT2D eigenvalue weighted by atomic mass is 10.2. The van der Waals surface area contributed by atoms with Gasteiger partial charge in [-0.15, -0.1) is 0 Å². The molecule has 1 nitrogen and oxygen atoms in total. The molecule has 1 N–H and O–H groups in total. The number of hydrogen-bond donors (Lipinski definition) is 1. The first-order valence-corrected chi connectivity index (χ1v) is 3.80. The maximum Gasteiger partial charge on any atom is 0.0164 e. The summed E-state index contributed by atoms with van der Waals surface area (Å²) in [4.78, 5) is 0. The lowest BCUT2D eigenvalue weighted by molar-refractivity contribution is 0.845. The van der Waals surface area contributed by atoms with Crippen LogP contribution in [0.2, 0.25) is 0 Å². The van der Waals surface area contributed by atoms with Crippen molar-refractivity contribution in [2.45, 2.75) is 20.3 Å². The molecule has 0 atom stereocenters. The molecule has 10 heavy (non-hydrogen) atoms. The Kier molecular flexibility index (Phi) is 6.19. The monoisotopic (exact) mass is 139 g/mol. The number of allylic oxidation sites excluding steroid dienone is 3. The number of likely N-dealkylation sites (N-methyl/N-ethyl adjacent to an activating group) is 1. The average molecular weight is 139 g/mol. The Morgan fingerprint density at radius 1 is 1.50 bits per heavy atom. The van der Waals surface area contributed by atoms with Gasteiger partial charge in [-0.3, -0.25) is 0 Å². The lowest BCUT2D eigenvalue weighted by Gasteiger charge is -1.99. The van der Waals surface area contributed by atoms with Gasteiger partial charge in [0, 0.05) is 6.54 Å². The quantitative estimate of drug-likeness (QED) is 0.588. The topological polar surface area (TPSA) is 12.0 Å². The maximum atomic E-state index is 3.13. The fourth-order valence-electron chi connectivity index (χ4n) is 0.761. The van der Waals surface area contributed by atoms with Crippen LogP contribution >= 0.6 is 0 Å². The van der Waals surface area contributed by atoms with Crippen LogP contribution in [0.3, 0.4) is 0 Å². The van der Waals surface area contributed by atoms with Crippen LogP contribution in [0.25, 0.3) is 0 Å². The Bertz CT molecular complexity index is 123. The number of nitrogens with one attached hydrogen (secondary N) is 1. The van der Waals surface area contributed by atoms with E-state index in [1.54, 1.807) is 0 Å². The van der Waals surface area contributed by atoms with Crippen molar-refractivity contribution in [1.29, 1.82) is 0 Å². The molecule has 0 amide bonds. The molecule has 0 radical (unpaired) electrons. The predicted molar refractivity (Wildman–Crippen MR) is 47.1 cm³/mol. The van der Waals surface area contributed by atoms with Crippen molar-refractivity contribution < 1.29 is 0 Å². The van der Waals surface area contributed by atoms with E-state index in [9.17, 15) is 0 Å². The highest BCUT2D eigenvalue weighted by atomic mass is 14.8. The van der Waals surface area contributed by atoms with Crippen molar-refractivity contribution in [2.24, 2.45) is 0 Å². The van der Waals surface area contributed by atoms with Gasteiger partial charge in [0.1, 0.15) is 0 Å². The number of rotatable bonds is 4. The summed E-state index contributed by atoms with van der Waals surface area (Å²) in [5.41, 5.74) is 1.45. The second-order valence-electron chi connectivity index (χ2n) is 2.23. The highest BCUT2D eigenvalue weighted by Gasteiger charge is 1.87. The summed E-state index contributed by atoms with van der Waals surface area (Å²) in [6, 6.07) is 0. The fraction of sp³-hybridized carbons (Fsp3) is 0.556. The molecule has 0 aromatic rings. The molecule has 58 valence electrons. The molecule has 0 saturated carbocycles. The zero-order valence-electron chi connectivity index (χ0n) is 7.15. The molecule has 0 fully saturated rings. The third kappa shape index (κ3) is 4.33. The largest absolute Gasteiger partial charge is 0.316 e. The zero-order chi connectivity index (χ0) is 7.82. The van der Waals surface area contributed by atoms with Gasteiger partial charge >= 0.3 is 0 Å². The van der Waals surface area contributed by atoms with E-state index in [4.69, 9.17) is 0 Å². The molecule has 1 heteroatoms. The van der Waals surface area contributed by atoms with Crippen LogP contribution < -0.4 is 5.32 Å². The van der Waals surface area contributed by atoms with E-state index in [2.05, 4.69) is 24.4 Å². The lowest BCUT2D eigenvalue weighted by Crippen LogP contribution is -2.09. The van der Waals surface area contributed by atoms with Crippen LogP contribution in [0.4, 0.5) is 0 Å². The Balaban J connectivity index is 3.78. The van der Waals surface area contributed by atoms with Crippen molar-refractivity contribution >= 4 is 0 Å². The van der Waals surface area contributed by atoms with Crippen molar-refractivity contribution in [3.05, 3.63) is 23.8 Å². The van der Waals surface area contributed by atoms with E-state index in [1.807, 2.05) is 20.0 Å². The molecule has 0 aliphatic rings. The van der Waals surface area contributed by atoms with E-state index >= 15 is 0 Å². The Morgan fingerprint density at radius 3 is 2.60 bits per heavy atom. The molecule has 0 heterocycles. The van der Waals surface area contributed by atoms with Gasteiger partial charge in [0.25, 0.3) is 0 Å². The molecule has 0 rings (SSSR count). The molecule has 0 saturated heterocycles. The van der Waals surface area contributed by atoms with Crippen LogP contribution in [0.5, 0.6) is 0 Å². The fourth-order valence-corrected chi connectivity index (χ4v) is 0.761. The van der Waals surface area contributed by atoms with Gasteiger partial charge in [0.05, 0.1) is 0 Å². The summed E-state index contributed by atoms with van der Waals surface area (Å²) in [7, 11) is 1.97. The first-order valence-electron chi connectivity index (χ1n) is 3.80. The van der Waals surface area contributed by atoms with Crippen molar-refractivity contribution in [3.8, 4) is 0 Å². The molecule has 0 aliphatic carbocycles. The first kappa shape index (κ1) is 9.44. The molecule has 0 unspecified atom stereocenters. The van der Waals surface area contributed by atoms with Crippen LogP contribution in [-0.2, 0) is 0 Å². The summed E-state index contributed by atoms with van der Waals surface area (Å²) >= 11 is 0. The molecule has 0 bridgehead atoms. The molecule has 0 aromatic heterocycles. The molecule has 0 aliphatic heterocycles. The van der Waals surface area contributed by atoms with Crippen molar-refractivity contribution in [2.75, 3.05) is 13.6 Å². The van der Waals surface area contributed by atoms with E-state index in [1.165, 1.54) is 5.57 Å². The van der Waals surface area contributed by atoms with E-state index in [0.717, 1.165) is 13.0 Å². The van der Waals surface area contributed by atoms with Gasteiger partial charge in [-0.2, -0.15) is 0 Å². The average Bonchev–Trinajstić information content (AvgIpc) is 1.98. The molecule has 0 spiro atoms. The van der Waals surface area contributed by atoms with E-state index in [-0.39, 0.29) is 0 Å². The van der Waals surface area contributed by atoms with Gasteiger partial charge in [0.2, 0.25) is 0 Å². The minimum absolute atomic E-state index is 1.00. The maximum absolute atomic E-state index is 3.13. The normalized spacial score (nSPS) is 12.9. The molecular weight excluding hydrogens is 122 g/mol. The smallest absolute Gasteiger partial charge is 0.0164 e. The minimum Gasteiger partial charge on any atom is -0.316 e. The van der Waals surface area contributed by atoms with Gasteiger partial charge < -0.3 is 5.32 Å². The standard InChI is InChI=1S/C9H17N/c1-4-6-7-9(5-2)8-10-3/h4,6-7,10H,5,8H2,1-3H3/b6-4+,9-7-. The zero-order valence-corrected chi connectivity index (χ0v) is 7.15. The molecular formula is C9H17N. The third-order valence-corrected chi connectivity index (χ3v) is 1.38. The Hall–Kier alpha value is -0.560. The Labute approximate surface area is 63.8 Å². The van der Waals surface area contributed by atoms with Gasteiger partial charge in [-0.25, -0.2) is 0 Å².